The van der Waals surface area contributed by atoms with Gasteiger partial charge in [0.05, 0.1) is 25.0 Å². The van der Waals surface area contributed by atoms with Crippen molar-refractivity contribution in [3.05, 3.63) is 29.3 Å². The number of alkyl carbamates (subject to hydrolysis) is 1. The normalized spacial score (nSPS) is 26.1. The highest BCUT2D eigenvalue weighted by molar-refractivity contribution is 6.00. The van der Waals surface area contributed by atoms with Crippen LogP contribution in [0.5, 0.6) is 5.75 Å². The SMILES string of the molecule is COC(=O)[C@@H](C)[C@H](c1ccc2c(c1)OC1(CCC(NC(=O)OC(C)(C)C)CC1)CC2=O)C1CC1. The molecule has 34 heavy (non-hydrogen) atoms. The summed E-state index contributed by atoms with van der Waals surface area (Å²) in [5, 5.41) is 2.95. The number of ketones is 1. The molecule has 3 aliphatic rings. The third-order valence-electron chi connectivity index (χ3n) is 7.36. The summed E-state index contributed by atoms with van der Waals surface area (Å²) in [6, 6.07) is 5.81. The van der Waals surface area contributed by atoms with Gasteiger partial charge < -0.3 is 19.5 Å². The fraction of sp³-hybridized carbons (Fsp3) is 0.667. The molecular formula is C27H37NO6. The van der Waals surface area contributed by atoms with Crippen LogP contribution in [0, 0.1) is 11.8 Å². The number of methoxy groups -OCH3 is 1. The van der Waals surface area contributed by atoms with Crippen LogP contribution in [0.3, 0.4) is 0 Å². The Kier molecular flexibility index (Phi) is 6.67. The summed E-state index contributed by atoms with van der Waals surface area (Å²) < 4.78 is 16.9. The lowest BCUT2D eigenvalue weighted by Crippen LogP contribution is -2.49. The van der Waals surface area contributed by atoms with Gasteiger partial charge in [-0.2, -0.15) is 0 Å². The minimum Gasteiger partial charge on any atom is -0.486 e. The number of hydrogen-bond donors (Lipinski definition) is 1. The first-order chi connectivity index (χ1) is 16.0. The topological polar surface area (TPSA) is 90.9 Å². The molecule has 0 bridgehead atoms. The van der Waals surface area contributed by atoms with Crippen molar-refractivity contribution in [1.82, 2.24) is 5.32 Å². The van der Waals surface area contributed by atoms with Gasteiger partial charge in [0.1, 0.15) is 17.0 Å². The molecule has 0 radical (unpaired) electrons. The number of ether oxygens (including phenoxy) is 3. The number of carbonyl (C=O) groups is 3. The smallest absolute Gasteiger partial charge is 0.407 e. The van der Waals surface area contributed by atoms with Crippen LogP contribution in [0.2, 0.25) is 0 Å². The van der Waals surface area contributed by atoms with Crippen LogP contribution >= 0.6 is 0 Å². The second-order valence-corrected chi connectivity index (χ2v) is 11.2. The van der Waals surface area contributed by atoms with Crippen LogP contribution in [-0.2, 0) is 14.3 Å². The molecule has 1 heterocycles. The van der Waals surface area contributed by atoms with E-state index in [1.807, 2.05) is 45.9 Å². The van der Waals surface area contributed by atoms with Crippen molar-refractivity contribution in [2.45, 2.75) is 95.8 Å². The van der Waals surface area contributed by atoms with Crippen LogP contribution in [-0.4, -0.2) is 42.2 Å². The molecule has 0 unspecified atom stereocenters. The van der Waals surface area contributed by atoms with Gasteiger partial charge in [0.2, 0.25) is 0 Å². The van der Waals surface area contributed by atoms with Crippen molar-refractivity contribution < 1.29 is 28.6 Å². The van der Waals surface area contributed by atoms with E-state index in [9.17, 15) is 14.4 Å². The zero-order chi connectivity index (χ0) is 24.7. The van der Waals surface area contributed by atoms with E-state index in [1.54, 1.807) is 0 Å². The fourth-order valence-electron chi connectivity index (χ4n) is 5.52. The Morgan fingerprint density at radius 2 is 1.82 bits per heavy atom. The van der Waals surface area contributed by atoms with Gasteiger partial charge in [-0.1, -0.05) is 13.0 Å². The number of amides is 1. The van der Waals surface area contributed by atoms with E-state index in [1.165, 1.54) is 7.11 Å². The van der Waals surface area contributed by atoms with E-state index in [2.05, 4.69) is 5.32 Å². The standard InChI is InChI=1S/C27H37NO6/c1-16(24(30)32-5)23(17-6-7-17)18-8-9-20-21(29)15-27(33-22(20)14-18)12-10-19(11-13-27)28-25(31)34-26(2,3)4/h8-9,14,16-17,19,23H,6-7,10-13,15H2,1-5H3,(H,28,31)/t16-,19?,23-,27?/m0/s1. The summed E-state index contributed by atoms with van der Waals surface area (Å²) in [5.41, 5.74) is 0.565. The third kappa shape index (κ3) is 5.39. The first-order valence-electron chi connectivity index (χ1n) is 12.4. The Balaban J connectivity index is 1.47. The summed E-state index contributed by atoms with van der Waals surface area (Å²) in [6.07, 6.45) is 4.97. The van der Waals surface area contributed by atoms with E-state index in [0.717, 1.165) is 31.2 Å². The second kappa shape index (κ2) is 9.23. The minimum atomic E-state index is -0.544. The van der Waals surface area contributed by atoms with Gasteiger partial charge in [0, 0.05) is 6.04 Å². The maximum Gasteiger partial charge on any atom is 0.407 e. The maximum atomic E-state index is 13.0. The van der Waals surface area contributed by atoms with Gasteiger partial charge in [-0.25, -0.2) is 4.79 Å². The first kappa shape index (κ1) is 24.6. The lowest BCUT2D eigenvalue weighted by Gasteiger charge is -2.43. The molecule has 0 saturated heterocycles. The Bertz CT molecular complexity index is 952. The Morgan fingerprint density at radius 1 is 1.15 bits per heavy atom. The summed E-state index contributed by atoms with van der Waals surface area (Å²) >= 11 is 0. The van der Waals surface area contributed by atoms with E-state index < -0.39 is 17.3 Å². The maximum absolute atomic E-state index is 13.0. The predicted octanol–water partition coefficient (Wildman–Crippen LogP) is 5.16. The van der Waals surface area contributed by atoms with Gasteiger partial charge in [-0.15, -0.1) is 0 Å². The predicted molar refractivity (Wildman–Crippen MR) is 127 cm³/mol. The molecule has 4 rings (SSSR count). The summed E-state index contributed by atoms with van der Waals surface area (Å²) in [5.74, 6) is 0.764. The van der Waals surface area contributed by atoms with Gasteiger partial charge in [-0.05, 0) is 88.8 Å². The van der Waals surface area contributed by atoms with Crippen LogP contribution < -0.4 is 10.1 Å². The van der Waals surface area contributed by atoms with E-state index in [-0.39, 0.29) is 29.6 Å². The average molecular weight is 472 g/mol. The Hall–Kier alpha value is -2.57. The third-order valence-corrected chi connectivity index (χ3v) is 7.36. The van der Waals surface area contributed by atoms with Gasteiger partial charge in [-0.3, -0.25) is 9.59 Å². The summed E-state index contributed by atoms with van der Waals surface area (Å²) in [7, 11) is 1.43. The van der Waals surface area contributed by atoms with Gasteiger partial charge in [0.25, 0.3) is 0 Å². The number of hydrogen-bond acceptors (Lipinski definition) is 6. The quantitative estimate of drug-likeness (QED) is 0.597. The van der Waals surface area contributed by atoms with Crippen LogP contribution in [0.4, 0.5) is 4.79 Å². The van der Waals surface area contributed by atoms with Crippen molar-refractivity contribution in [3.8, 4) is 5.75 Å². The lowest BCUT2D eigenvalue weighted by atomic mass is 9.76. The molecular weight excluding hydrogens is 434 g/mol. The largest absolute Gasteiger partial charge is 0.486 e. The van der Waals surface area contributed by atoms with Crippen molar-refractivity contribution in [3.63, 3.8) is 0 Å². The van der Waals surface area contributed by atoms with Crippen LogP contribution in [0.1, 0.15) is 94.5 Å². The molecule has 1 N–H and O–H groups in total. The number of carbonyl (C=O) groups excluding carboxylic acids is 3. The lowest BCUT2D eigenvalue weighted by molar-refractivity contribution is -0.145. The highest BCUT2D eigenvalue weighted by atomic mass is 16.6. The van der Waals surface area contributed by atoms with Crippen molar-refractivity contribution in [2.24, 2.45) is 11.8 Å². The molecule has 7 heteroatoms. The summed E-state index contributed by atoms with van der Waals surface area (Å²) in [4.78, 5) is 37.5. The zero-order valence-corrected chi connectivity index (χ0v) is 20.9. The fourth-order valence-corrected chi connectivity index (χ4v) is 5.52. The molecule has 1 aliphatic heterocycles. The summed E-state index contributed by atoms with van der Waals surface area (Å²) in [6.45, 7) is 7.45. The highest BCUT2D eigenvalue weighted by Crippen LogP contribution is 2.49. The molecule has 1 spiro atoms. The van der Waals surface area contributed by atoms with E-state index >= 15 is 0 Å². The molecule has 1 aromatic rings. The molecule has 0 aromatic heterocycles. The monoisotopic (exact) mass is 471 g/mol. The van der Waals surface area contributed by atoms with Crippen LogP contribution in [0.15, 0.2) is 18.2 Å². The van der Waals surface area contributed by atoms with Gasteiger partial charge in [0.15, 0.2) is 5.78 Å². The first-order valence-corrected chi connectivity index (χ1v) is 12.4. The minimum absolute atomic E-state index is 0.00654. The highest BCUT2D eigenvalue weighted by Gasteiger charge is 2.45. The second-order valence-electron chi connectivity index (χ2n) is 11.2. The Labute approximate surface area is 201 Å². The van der Waals surface area contributed by atoms with E-state index in [0.29, 0.717) is 36.5 Å². The number of rotatable bonds is 5. The van der Waals surface area contributed by atoms with Crippen molar-refractivity contribution >= 4 is 17.8 Å². The van der Waals surface area contributed by atoms with Crippen molar-refractivity contribution in [2.75, 3.05) is 7.11 Å². The molecule has 1 aromatic carbocycles. The number of esters is 1. The molecule has 186 valence electrons. The number of benzene rings is 1. The Morgan fingerprint density at radius 3 is 2.41 bits per heavy atom. The average Bonchev–Trinajstić information content (AvgIpc) is 3.58. The number of fused-ring (bicyclic) bond motifs is 1. The molecule has 2 atom stereocenters. The van der Waals surface area contributed by atoms with Gasteiger partial charge >= 0.3 is 12.1 Å². The molecule has 1 amide bonds. The zero-order valence-electron chi connectivity index (χ0n) is 20.9. The number of nitrogens with one attached hydrogen (secondary N) is 1. The number of Topliss-reactive ketones (excluding diaryl/α,β-unsaturated/α-hetero) is 1. The van der Waals surface area contributed by atoms with E-state index in [4.69, 9.17) is 14.2 Å². The molecule has 2 fully saturated rings. The molecule has 7 nitrogen and oxygen atoms in total. The van der Waals surface area contributed by atoms with Crippen molar-refractivity contribution in [1.29, 1.82) is 0 Å². The molecule has 2 saturated carbocycles. The molecule has 2 aliphatic carbocycles. The van der Waals surface area contributed by atoms with Crippen LogP contribution in [0.25, 0.3) is 0 Å².